The number of hydrogen-bond donors (Lipinski definition) is 3. The molecule has 0 heterocycles. The summed E-state index contributed by atoms with van der Waals surface area (Å²) in [6, 6.07) is 14.3. The van der Waals surface area contributed by atoms with Gasteiger partial charge in [0, 0.05) is 11.6 Å². The minimum Gasteiger partial charge on any atom is -0.508 e. The van der Waals surface area contributed by atoms with Crippen LogP contribution in [0.2, 0.25) is 0 Å². The largest absolute Gasteiger partial charge is 0.508 e. The number of anilines is 1. The third-order valence-corrected chi connectivity index (χ3v) is 4.29. The Hall–Kier alpha value is -2.82. The van der Waals surface area contributed by atoms with Crippen LogP contribution >= 0.6 is 0 Å². The maximum absolute atomic E-state index is 12.2. The number of carbonyl (C=O) groups is 2. The molecule has 124 valence electrons. The Morgan fingerprint density at radius 1 is 1.12 bits per heavy atom. The molecule has 0 radical (unpaired) electrons. The molecule has 1 fully saturated rings. The molecule has 0 unspecified atom stereocenters. The highest BCUT2D eigenvalue weighted by molar-refractivity contribution is 5.95. The van der Waals surface area contributed by atoms with E-state index in [2.05, 4.69) is 16.7 Å². The molecule has 1 aliphatic rings. The lowest BCUT2D eigenvalue weighted by atomic mass is 10.0. The zero-order valence-electron chi connectivity index (χ0n) is 13.5. The second-order valence-corrected chi connectivity index (χ2v) is 6.12. The van der Waals surface area contributed by atoms with Crippen molar-refractivity contribution in [3.05, 3.63) is 59.7 Å². The molecule has 2 atom stereocenters. The van der Waals surface area contributed by atoms with Crippen LogP contribution in [0.15, 0.2) is 48.5 Å². The van der Waals surface area contributed by atoms with Gasteiger partial charge < -0.3 is 15.7 Å². The third kappa shape index (κ3) is 3.74. The number of carbonyl (C=O) groups excluding carboxylic acids is 2. The van der Waals surface area contributed by atoms with Gasteiger partial charge in [-0.25, -0.2) is 0 Å². The van der Waals surface area contributed by atoms with Crippen molar-refractivity contribution >= 4 is 17.5 Å². The number of rotatable bonds is 5. The second kappa shape index (κ2) is 6.74. The van der Waals surface area contributed by atoms with E-state index in [1.165, 1.54) is 23.3 Å². The SMILES string of the molecule is Cc1ccccc1[C@@H]1C[C@@H]1C(=O)NCC(=O)Nc1ccc(O)cc1. The molecule has 1 aliphatic carbocycles. The third-order valence-electron chi connectivity index (χ3n) is 4.29. The van der Waals surface area contributed by atoms with Crippen molar-refractivity contribution in [2.75, 3.05) is 11.9 Å². The zero-order valence-corrected chi connectivity index (χ0v) is 13.5. The summed E-state index contributed by atoms with van der Waals surface area (Å²) >= 11 is 0. The smallest absolute Gasteiger partial charge is 0.243 e. The van der Waals surface area contributed by atoms with E-state index in [1.807, 2.05) is 25.1 Å². The van der Waals surface area contributed by atoms with Crippen molar-refractivity contribution in [1.82, 2.24) is 5.32 Å². The minimum absolute atomic E-state index is 0.0485. The van der Waals surface area contributed by atoms with Crippen LogP contribution in [0.3, 0.4) is 0 Å². The van der Waals surface area contributed by atoms with Crippen LogP contribution in [-0.4, -0.2) is 23.5 Å². The van der Waals surface area contributed by atoms with Gasteiger partial charge in [0.15, 0.2) is 0 Å². The molecule has 0 aromatic heterocycles. The molecule has 2 aromatic rings. The summed E-state index contributed by atoms with van der Waals surface area (Å²) in [5.74, 6) is -0.0255. The first-order valence-corrected chi connectivity index (χ1v) is 7.96. The van der Waals surface area contributed by atoms with Gasteiger partial charge in [0.2, 0.25) is 11.8 Å². The fraction of sp³-hybridized carbons (Fsp3) is 0.263. The van der Waals surface area contributed by atoms with Crippen LogP contribution in [0.1, 0.15) is 23.5 Å². The zero-order chi connectivity index (χ0) is 17.1. The molecule has 0 aliphatic heterocycles. The van der Waals surface area contributed by atoms with Gasteiger partial charge in [-0.15, -0.1) is 0 Å². The van der Waals surface area contributed by atoms with E-state index in [-0.39, 0.29) is 35.9 Å². The van der Waals surface area contributed by atoms with Crippen LogP contribution in [0.5, 0.6) is 5.75 Å². The van der Waals surface area contributed by atoms with Crippen molar-refractivity contribution in [1.29, 1.82) is 0 Å². The highest BCUT2D eigenvalue weighted by Gasteiger charge is 2.44. The van der Waals surface area contributed by atoms with Gasteiger partial charge in [0.25, 0.3) is 0 Å². The molecule has 2 amide bonds. The van der Waals surface area contributed by atoms with Gasteiger partial charge in [-0.2, -0.15) is 0 Å². The Balaban J connectivity index is 1.47. The fourth-order valence-electron chi connectivity index (χ4n) is 2.88. The molecule has 3 rings (SSSR count). The summed E-state index contributed by atoms with van der Waals surface area (Å²) in [4.78, 5) is 24.0. The molecule has 0 saturated heterocycles. The number of phenols is 1. The lowest BCUT2D eigenvalue weighted by Gasteiger charge is -2.08. The molecule has 0 bridgehead atoms. The first-order valence-electron chi connectivity index (χ1n) is 7.96. The van der Waals surface area contributed by atoms with E-state index in [4.69, 9.17) is 0 Å². The van der Waals surface area contributed by atoms with Gasteiger partial charge in [0.1, 0.15) is 5.75 Å². The van der Waals surface area contributed by atoms with Crippen LogP contribution in [0.4, 0.5) is 5.69 Å². The lowest BCUT2D eigenvalue weighted by Crippen LogP contribution is -2.34. The van der Waals surface area contributed by atoms with E-state index < -0.39 is 0 Å². The summed E-state index contributed by atoms with van der Waals surface area (Å²) in [5.41, 5.74) is 2.99. The summed E-state index contributed by atoms with van der Waals surface area (Å²) in [7, 11) is 0. The first kappa shape index (κ1) is 16.1. The van der Waals surface area contributed by atoms with Crippen LogP contribution in [0, 0.1) is 12.8 Å². The summed E-state index contributed by atoms with van der Waals surface area (Å²) in [6.45, 7) is 1.99. The van der Waals surface area contributed by atoms with Crippen molar-refractivity contribution < 1.29 is 14.7 Å². The van der Waals surface area contributed by atoms with Crippen LogP contribution in [0.25, 0.3) is 0 Å². The number of aromatic hydroxyl groups is 1. The number of benzene rings is 2. The standard InChI is InChI=1S/C19H20N2O3/c1-12-4-2-3-5-15(12)16-10-17(16)19(24)20-11-18(23)21-13-6-8-14(22)9-7-13/h2-9,16-17,22H,10-11H2,1H3,(H,20,24)(H,21,23)/t16-,17-/m0/s1. The average Bonchev–Trinajstić information content (AvgIpc) is 3.36. The van der Waals surface area contributed by atoms with Crippen molar-refractivity contribution in [3.63, 3.8) is 0 Å². The van der Waals surface area contributed by atoms with Gasteiger partial charge in [-0.05, 0) is 54.7 Å². The summed E-state index contributed by atoms with van der Waals surface area (Å²) in [6.07, 6.45) is 0.830. The Bertz CT molecular complexity index is 755. The average molecular weight is 324 g/mol. The van der Waals surface area contributed by atoms with Crippen molar-refractivity contribution in [2.24, 2.45) is 5.92 Å². The monoisotopic (exact) mass is 324 g/mol. The number of phenolic OH excluding ortho intramolecular Hbond substituents is 1. The number of hydrogen-bond acceptors (Lipinski definition) is 3. The normalized spacial score (nSPS) is 18.7. The van der Waals surface area contributed by atoms with Crippen LogP contribution in [-0.2, 0) is 9.59 Å². The Morgan fingerprint density at radius 3 is 2.54 bits per heavy atom. The van der Waals surface area contributed by atoms with E-state index in [0.29, 0.717) is 5.69 Å². The van der Waals surface area contributed by atoms with E-state index >= 15 is 0 Å². The Labute approximate surface area is 140 Å². The van der Waals surface area contributed by atoms with Crippen molar-refractivity contribution in [2.45, 2.75) is 19.3 Å². The summed E-state index contributed by atoms with van der Waals surface area (Å²) < 4.78 is 0. The molecule has 5 nitrogen and oxygen atoms in total. The highest BCUT2D eigenvalue weighted by Crippen LogP contribution is 2.48. The Morgan fingerprint density at radius 2 is 1.83 bits per heavy atom. The highest BCUT2D eigenvalue weighted by atomic mass is 16.3. The summed E-state index contributed by atoms with van der Waals surface area (Å²) in [5, 5.41) is 14.6. The van der Waals surface area contributed by atoms with Crippen LogP contribution < -0.4 is 10.6 Å². The predicted octanol–water partition coefficient (Wildman–Crippen LogP) is 2.56. The molecule has 0 spiro atoms. The second-order valence-electron chi connectivity index (χ2n) is 6.12. The molecule has 5 heteroatoms. The van der Waals surface area contributed by atoms with Gasteiger partial charge in [-0.1, -0.05) is 24.3 Å². The number of amides is 2. The van der Waals surface area contributed by atoms with E-state index in [1.54, 1.807) is 12.1 Å². The van der Waals surface area contributed by atoms with E-state index in [9.17, 15) is 14.7 Å². The molecule has 2 aromatic carbocycles. The Kier molecular flexibility index (Phi) is 4.51. The maximum Gasteiger partial charge on any atom is 0.243 e. The predicted molar refractivity (Wildman–Crippen MR) is 91.8 cm³/mol. The molecular formula is C19H20N2O3. The fourth-order valence-corrected chi connectivity index (χ4v) is 2.88. The quantitative estimate of drug-likeness (QED) is 0.740. The molecule has 3 N–H and O–H groups in total. The number of nitrogens with one attached hydrogen (secondary N) is 2. The van der Waals surface area contributed by atoms with Gasteiger partial charge >= 0.3 is 0 Å². The molecule has 24 heavy (non-hydrogen) atoms. The van der Waals surface area contributed by atoms with E-state index in [0.717, 1.165) is 6.42 Å². The first-order chi connectivity index (χ1) is 11.5. The maximum atomic E-state index is 12.2. The number of aryl methyl sites for hydroxylation is 1. The molecular weight excluding hydrogens is 304 g/mol. The lowest BCUT2D eigenvalue weighted by molar-refractivity contribution is -0.125. The topological polar surface area (TPSA) is 78.4 Å². The minimum atomic E-state index is -0.290. The molecule has 1 saturated carbocycles. The van der Waals surface area contributed by atoms with Gasteiger partial charge in [-0.3, -0.25) is 9.59 Å². The van der Waals surface area contributed by atoms with Crippen molar-refractivity contribution in [3.8, 4) is 5.75 Å². The van der Waals surface area contributed by atoms with Gasteiger partial charge in [0.05, 0.1) is 6.54 Å².